The fourth-order valence-electron chi connectivity index (χ4n) is 3.27. The van der Waals surface area contributed by atoms with Crippen LogP contribution < -0.4 is 5.32 Å². The third-order valence-electron chi connectivity index (χ3n) is 4.76. The number of aromatic nitrogens is 2. The van der Waals surface area contributed by atoms with Crippen LogP contribution in [0.4, 0.5) is 0 Å². The van der Waals surface area contributed by atoms with E-state index in [0.717, 1.165) is 36.9 Å². The molecular weight excluding hydrogens is 290 g/mol. The van der Waals surface area contributed by atoms with Gasteiger partial charge in [-0.25, -0.2) is 0 Å². The monoisotopic (exact) mass is 313 g/mol. The molecule has 0 radical (unpaired) electrons. The molecule has 1 amide bonds. The van der Waals surface area contributed by atoms with Crippen LogP contribution in [0.15, 0.2) is 36.5 Å². The number of aliphatic hydroxyl groups excluding tert-OH is 1. The fourth-order valence-corrected chi connectivity index (χ4v) is 3.27. The van der Waals surface area contributed by atoms with Crippen LogP contribution in [0, 0.1) is 6.92 Å². The Morgan fingerprint density at radius 3 is 2.65 bits per heavy atom. The molecule has 1 heterocycles. The molecule has 2 N–H and O–H groups in total. The lowest BCUT2D eigenvalue weighted by atomic mass is 9.98. The molecule has 1 aliphatic carbocycles. The van der Waals surface area contributed by atoms with Gasteiger partial charge in [0.15, 0.2) is 0 Å². The van der Waals surface area contributed by atoms with E-state index < -0.39 is 5.54 Å². The standard InChI is InChI=1S/C18H23N3O2/c1-14-16(17(23)20-18(13-22)9-5-6-10-18)11-19-21(14)12-15-7-3-2-4-8-15/h2-4,7-8,11,22H,5-6,9-10,12-13H2,1H3,(H,20,23). The lowest BCUT2D eigenvalue weighted by molar-refractivity contribution is 0.0837. The molecule has 2 aromatic rings. The second kappa shape index (κ2) is 6.54. The highest BCUT2D eigenvalue weighted by Gasteiger charge is 2.35. The summed E-state index contributed by atoms with van der Waals surface area (Å²) in [6, 6.07) is 10.0. The summed E-state index contributed by atoms with van der Waals surface area (Å²) in [5, 5.41) is 17.0. The van der Waals surface area contributed by atoms with Crippen molar-refractivity contribution in [3.8, 4) is 0 Å². The molecule has 0 spiro atoms. The Kier molecular flexibility index (Phi) is 4.48. The SMILES string of the molecule is Cc1c(C(=O)NC2(CO)CCCC2)cnn1Cc1ccccc1. The van der Waals surface area contributed by atoms with Crippen LogP contribution in [0.3, 0.4) is 0 Å². The molecule has 0 atom stereocenters. The summed E-state index contributed by atoms with van der Waals surface area (Å²) in [4.78, 5) is 12.6. The summed E-state index contributed by atoms with van der Waals surface area (Å²) < 4.78 is 1.84. The van der Waals surface area contributed by atoms with Crippen LogP contribution in [-0.2, 0) is 6.54 Å². The molecule has 23 heavy (non-hydrogen) atoms. The van der Waals surface area contributed by atoms with Gasteiger partial charge in [-0.2, -0.15) is 5.10 Å². The summed E-state index contributed by atoms with van der Waals surface area (Å²) in [5.41, 5.74) is 2.12. The molecule has 1 saturated carbocycles. The molecule has 0 bridgehead atoms. The van der Waals surface area contributed by atoms with Crippen LogP contribution in [0.5, 0.6) is 0 Å². The van der Waals surface area contributed by atoms with E-state index in [-0.39, 0.29) is 12.5 Å². The Morgan fingerprint density at radius 2 is 2.00 bits per heavy atom. The summed E-state index contributed by atoms with van der Waals surface area (Å²) >= 11 is 0. The summed E-state index contributed by atoms with van der Waals surface area (Å²) in [7, 11) is 0. The zero-order chi connectivity index (χ0) is 16.3. The number of aliphatic hydroxyl groups is 1. The minimum Gasteiger partial charge on any atom is -0.394 e. The molecule has 1 aliphatic rings. The van der Waals surface area contributed by atoms with E-state index in [1.54, 1.807) is 6.20 Å². The van der Waals surface area contributed by atoms with E-state index in [0.29, 0.717) is 12.1 Å². The number of hydrogen-bond donors (Lipinski definition) is 2. The van der Waals surface area contributed by atoms with Crippen LogP contribution in [0.1, 0.15) is 47.3 Å². The number of benzene rings is 1. The van der Waals surface area contributed by atoms with Crippen molar-refractivity contribution in [1.29, 1.82) is 0 Å². The van der Waals surface area contributed by atoms with Gasteiger partial charge in [-0.15, -0.1) is 0 Å². The van der Waals surface area contributed by atoms with E-state index in [9.17, 15) is 9.90 Å². The predicted octanol–water partition coefficient (Wildman–Crippen LogP) is 2.27. The largest absolute Gasteiger partial charge is 0.394 e. The highest BCUT2D eigenvalue weighted by atomic mass is 16.3. The van der Waals surface area contributed by atoms with Gasteiger partial charge in [0.1, 0.15) is 0 Å². The Hall–Kier alpha value is -2.14. The normalized spacial score (nSPS) is 16.4. The van der Waals surface area contributed by atoms with E-state index in [1.807, 2.05) is 41.9 Å². The van der Waals surface area contributed by atoms with Gasteiger partial charge >= 0.3 is 0 Å². The molecule has 0 aliphatic heterocycles. The highest BCUT2D eigenvalue weighted by molar-refractivity contribution is 5.95. The molecule has 0 saturated heterocycles. The molecule has 0 unspecified atom stereocenters. The quantitative estimate of drug-likeness (QED) is 0.890. The second-order valence-corrected chi connectivity index (χ2v) is 6.39. The molecule has 1 fully saturated rings. The van der Waals surface area contributed by atoms with Gasteiger partial charge in [-0.3, -0.25) is 9.48 Å². The summed E-state index contributed by atoms with van der Waals surface area (Å²) in [6.45, 7) is 2.55. The maximum Gasteiger partial charge on any atom is 0.255 e. The first-order valence-corrected chi connectivity index (χ1v) is 8.13. The average molecular weight is 313 g/mol. The van der Waals surface area contributed by atoms with Gasteiger partial charge in [-0.1, -0.05) is 43.2 Å². The number of nitrogens with one attached hydrogen (secondary N) is 1. The average Bonchev–Trinajstić information content (AvgIpc) is 3.17. The number of hydrogen-bond acceptors (Lipinski definition) is 3. The van der Waals surface area contributed by atoms with Crippen molar-refractivity contribution in [3.63, 3.8) is 0 Å². The lowest BCUT2D eigenvalue weighted by Gasteiger charge is -2.27. The summed E-state index contributed by atoms with van der Waals surface area (Å²) in [6.07, 6.45) is 5.40. The number of rotatable bonds is 5. The van der Waals surface area contributed by atoms with Crippen LogP contribution in [0.2, 0.25) is 0 Å². The van der Waals surface area contributed by atoms with Crippen molar-refractivity contribution in [2.24, 2.45) is 0 Å². The maximum absolute atomic E-state index is 12.6. The number of carbonyl (C=O) groups is 1. The Balaban J connectivity index is 1.75. The van der Waals surface area contributed by atoms with Crippen molar-refractivity contribution in [2.45, 2.75) is 44.7 Å². The minimum atomic E-state index is -0.453. The Morgan fingerprint density at radius 1 is 1.30 bits per heavy atom. The predicted molar refractivity (Wildman–Crippen MR) is 88.3 cm³/mol. The third-order valence-corrected chi connectivity index (χ3v) is 4.76. The number of nitrogens with zero attached hydrogens (tertiary/aromatic N) is 2. The van der Waals surface area contributed by atoms with Crippen LogP contribution in [-0.4, -0.2) is 32.9 Å². The van der Waals surface area contributed by atoms with Gasteiger partial charge in [0.2, 0.25) is 0 Å². The Bertz CT molecular complexity index is 673. The van der Waals surface area contributed by atoms with Crippen molar-refractivity contribution >= 4 is 5.91 Å². The molecular formula is C18H23N3O2. The molecule has 1 aromatic heterocycles. The first kappa shape index (κ1) is 15.7. The number of carbonyl (C=O) groups excluding carboxylic acids is 1. The van der Waals surface area contributed by atoms with Crippen LogP contribution in [0.25, 0.3) is 0 Å². The van der Waals surface area contributed by atoms with Gasteiger partial charge in [0.25, 0.3) is 5.91 Å². The molecule has 1 aromatic carbocycles. The zero-order valence-electron chi connectivity index (χ0n) is 13.5. The Labute approximate surface area is 136 Å². The molecule has 122 valence electrons. The van der Waals surface area contributed by atoms with Gasteiger partial charge in [0.05, 0.1) is 30.5 Å². The second-order valence-electron chi connectivity index (χ2n) is 6.39. The fraction of sp³-hybridized carbons (Fsp3) is 0.444. The van der Waals surface area contributed by atoms with Crippen LogP contribution >= 0.6 is 0 Å². The van der Waals surface area contributed by atoms with Gasteiger partial charge in [-0.05, 0) is 25.3 Å². The molecule has 3 rings (SSSR count). The van der Waals surface area contributed by atoms with Crippen molar-refractivity contribution in [2.75, 3.05) is 6.61 Å². The minimum absolute atomic E-state index is 0.00403. The van der Waals surface area contributed by atoms with Crippen molar-refractivity contribution in [1.82, 2.24) is 15.1 Å². The summed E-state index contributed by atoms with van der Waals surface area (Å²) in [5.74, 6) is -0.141. The van der Waals surface area contributed by atoms with Gasteiger partial charge in [0, 0.05) is 5.69 Å². The first-order chi connectivity index (χ1) is 11.1. The van der Waals surface area contributed by atoms with E-state index >= 15 is 0 Å². The number of amides is 1. The van der Waals surface area contributed by atoms with Gasteiger partial charge < -0.3 is 10.4 Å². The topological polar surface area (TPSA) is 67.2 Å². The third kappa shape index (κ3) is 3.29. The zero-order valence-corrected chi connectivity index (χ0v) is 13.5. The molecule has 5 nitrogen and oxygen atoms in total. The van der Waals surface area contributed by atoms with E-state index in [1.165, 1.54) is 0 Å². The van der Waals surface area contributed by atoms with Crippen molar-refractivity contribution in [3.05, 3.63) is 53.3 Å². The van der Waals surface area contributed by atoms with Crippen molar-refractivity contribution < 1.29 is 9.90 Å². The highest BCUT2D eigenvalue weighted by Crippen LogP contribution is 2.29. The maximum atomic E-state index is 12.6. The lowest BCUT2D eigenvalue weighted by Crippen LogP contribution is -2.49. The first-order valence-electron chi connectivity index (χ1n) is 8.13. The molecule has 5 heteroatoms. The van der Waals surface area contributed by atoms with E-state index in [2.05, 4.69) is 10.4 Å². The smallest absolute Gasteiger partial charge is 0.255 e. The van der Waals surface area contributed by atoms with E-state index in [4.69, 9.17) is 0 Å².